The standard InChI is InChI=1S/C25H29N3O2/c1-18-17-24(19(2)28(18)22-7-5-4-6-8-22)25(30)20(3)26-13-15-27(16-14-26)21-9-11-23(29)12-10-21/h4-12,17,20,29H,13-16H2,1-3H3/p+1/t20-/m1/s1. The highest BCUT2D eigenvalue weighted by Gasteiger charge is 2.31. The van der Waals surface area contributed by atoms with E-state index in [0.717, 1.165) is 54.5 Å². The van der Waals surface area contributed by atoms with Gasteiger partial charge in [-0.25, -0.2) is 0 Å². The molecule has 0 radical (unpaired) electrons. The Morgan fingerprint density at radius 2 is 1.60 bits per heavy atom. The summed E-state index contributed by atoms with van der Waals surface area (Å²) in [6, 6.07) is 19.5. The first-order chi connectivity index (χ1) is 14.5. The van der Waals surface area contributed by atoms with Crippen molar-refractivity contribution in [1.29, 1.82) is 0 Å². The van der Waals surface area contributed by atoms with Crippen molar-refractivity contribution in [2.45, 2.75) is 26.8 Å². The zero-order valence-electron chi connectivity index (χ0n) is 17.9. The Labute approximate surface area is 178 Å². The summed E-state index contributed by atoms with van der Waals surface area (Å²) >= 11 is 0. The third-order valence-corrected chi connectivity index (χ3v) is 6.34. The zero-order chi connectivity index (χ0) is 21.3. The topological polar surface area (TPSA) is 49.9 Å². The summed E-state index contributed by atoms with van der Waals surface area (Å²) in [5.41, 5.74) is 5.14. The van der Waals surface area contributed by atoms with E-state index in [1.807, 2.05) is 43.3 Å². The van der Waals surface area contributed by atoms with Gasteiger partial charge in [0.2, 0.25) is 5.78 Å². The van der Waals surface area contributed by atoms with Crippen LogP contribution < -0.4 is 9.80 Å². The number of nitrogens with one attached hydrogen (secondary N) is 1. The van der Waals surface area contributed by atoms with Crippen molar-refractivity contribution >= 4 is 11.5 Å². The zero-order valence-corrected chi connectivity index (χ0v) is 17.9. The molecular formula is C25H30N3O2+. The molecule has 3 aromatic rings. The monoisotopic (exact) mass is 404 g/mol. The maximum atomic E-state index is 13.4. The summed E-state index contributed by atoms with van der Waals surface area (Å²) in [4.78, 5) is 17.0. The predicted octanol–water partition coefficient (Wildman–Crippen LogP) is 2.78. The first-order valence-corrected chi connectivity index (χ1v) is 10.6. The molecule has 0 unspecified atom stereocenters. The molecule has 2 aromatic carbocycles. The average Bonchev–Trinajstić information content (AvgIpc) is 3.08. The van der Waals surface area contributed by atoms with Crippen LogP contribution in [0.5, 0.6) is 5.75 Å². The van der Waals surface area contributed by atoms with E-state index in [2.05, 4.69) is 35.4 Å². The molecule has 0 amide bonds. The van der Waals surface area contributed by atoms with Gasteiger partial charge in [-0.15, -0.1) is 0 Å². The quantitative estimate of drug-likeness (QED) is 0.643. The smallest absolute Gasteiger partial charge is 0.221 e. The number of rotatable bonds is 5. The Morgan fingerprint density at radius 3 is 2.23 bits per heavy atom. The SMILES string of the molecule is Cc1cc(C(=O)[C@@H](C)[NH+]2CCN(c3ccc(O)cc3)CC2)c(C)n1-c1ccccc1. The number of Topliss-reactive ketones (excluding diaryl/α,β-unsaturated/α-hetero) is 1. The number of aromatic nitrogens is 1. The minimum Gasteiger partial charge on any atom is -0.508 e. The van der Waals surface area contributed by atoms with Crippen LogP contribution in [0.2, 0.25) is 0 Å². The second kappa shape index (κ2) is 8.36. The summed E-state index contributed by atoms with van der Waals surface area (Å²) in [5, 5.41) is 9.49. The molecule has 5 nitrogen and oxygen atoms in total. The van der Waals surface area contributed by atoms with Crippen LogP contribution in [0.1, 0.15) is 28.7 Å². The fourth-order valence-corrected chi connectivity index (χ4v) is 4.55. The van der Waals surface area contributed by atoms with Crippen LogP contribution in [0, 0.1) is 13.8 Å². The van der Waals surface area contributed by atoms with Gasteiger partial charge in [-0.05, 0) is 63.2 Å². The van der Waals surface area contributed by atoms with Crippen molar-refractivity contribution < 1.29 is 14.8 Å². The van der Waals surface area contributed by atoms with Crippen molar-refractivity contribution in [3.63, 3.8) is 0 Å². The maximum Gasteiger partial charge on any atom is 0.221 e. The van der Waals surface area contributed by atoms with Gasteiger partial charge in [0.25, 0.3) is 0 Å². The first-order valence-electron chi connectivity index (χ1n) is 10.6. The van der Waals surface area contributed by atoms with Crippen LogP contribution in [0.25, 0.3) is 5.69 Å². The fraction of sp³-hybridized carbons (Fsp3) is 0.320. The van der Waals surface area contributed by atoms with Crippen molar-refractivity contribution in [2.75, 3.05) is 31.1 Å². The molecular weight excluding hydrogens is 374 g/mol. The number of hydrogen-bond donors (Lipinski definition) is 2. The summed E-state index contributed by atoms with van der Waals surface area (Å²) in [6.45, 7) is 9.81. The van der Waals surface area contributed by atoms with Crippen LogP contribution in [0.15, 0.2) is 60.7 Å². The predicted molar refractivity (Wildman–Crippen MR) is 120 cm³/mol. The lowest BCUT2D eigenvalue weighted by Crippen LogP contribution is -3.18. The molecule has 5 heteroatoms. The van der Waals surface area contributed by atoms with Crippen molar-refractivity contribution in [3.05, 3.63) is 77.6 Å². The molecule has 30 heavy (non-hydrogen) atoms. The van der Waals surface area contributed by atoms with Crippen LogP contribution >= 0.6 is 0 Å². The molecule has 1 saturated heterocycles. The number of benzene rings is 2. The van der Waals surface area contributed by atoms with E-state index in [4.69, 9.17) is 0 Å². The third kappa shape index (κ3) is 3.85. The van der Waals surface area contributed by atoms with Gasteiger partial charge < -0.3 is 19.5 Å². The molecule has 1 atom stereocenters. The Morgan fingerprint density at radius 1 is 0.967 bits per heavy atom. The second-order valence-corrected chi connectivity index (χ2v) is 8.20. The van der Waals surface area contributed by atoms with Gasteiger partial charge in [-0.2, -0.15) is 0 Å². The van der Waals surface area contributed by atoms with Crippen LogP contribution in [-0.2, 0) is 0 Å². The van der Waals surface area contributed by atoms with E-state index < -0.39 is 0 Å². The molecule has 0 aliphatic carbocycles. The Kier molecular flexibility index (Phi) is 5.64. The fourth-order valence-electron chi connectivity index (χ4n) is 4.55. The number of piperazine rings is 1. The van der Waals surface area contributed by atoms with Crippen molar-refractivity contribution in [3.8, 4) is 11.4 Å². The lowest BCUT2D eigenvalue weighted by Gasteiger charge is -2.36. The molecule has 2 heterocycles. The maximum absolute atomic E-state index is 13.4. The van der Waals surface area contributed by atoms with Crippen molar-refractivity contribution in [2.24, 2.45) is 0 Å². The van der Waals surface area contributed by atoms with E-state index in [0.29, 0.717) is 0 Å². The van der Waals surface area contributed by atoms with Crippen LogP contribution in [-0.4, -0.2) is 47.7 Å². The number of hydrogen-bond acceptors (Lipinski definition) is 3. The second-order valence-electron chi connectivity index (χ2n) is 8.20. The van der Waals surface area contributed by atoms with E-state index in [-0.39, 0.29) is 17.6 Å². The molecule has 0 spiro atoms. The molecule has 156 valence electrons. The summed E-state index contributed by atoms with van der Waals surface area (Å²) < 4.78 is 2.16. The number of para-hydroxylation sites is 1. The molecule has 1 aliphatic rings. The van der Waals surface area contributed by atoms with Gasteiger partial charge in [-0.3, -0.25) is 4.79 Å². The molecule has 1 aliphatic heterocycles. The third-order valence-electron chi connectivity index (χ3n) is 6.34. The number of phenolic OH excluding ortho intramolecular Hbond substituents is 1. The van der Waals surface area contributed by atoms with Gasteiger partial charge >= 0.3 is 0 Å². The Balaban J connectivity index is 1.46. The molecule has 2 N–H and O–H groups in total. The number of carbonyl (C=O) groups excluding carboxylic acids is 1. The Hall–Kier alpha value is -3.05. The molecule has 0 bridgehead atoms. The Bertz CT molecular complexity index is 1020. The lowest BCUT2D eigenvalue weighted by atomic mass is 10.0. The lowest BCUT2D eigenvalue weighted by molar-refractivity contribution is -0.914. The van der Waals surface area contributed by atoms with Gasteiger partial charge in [0.1, 0.15) is 11.8 Å². The number of nitrogens with zero attached hydrogens (tertiary/aromatic N) is 2. The number of phenols is 1. The molecule has 0 saturated carbocycles. The minimum atomic E-state index is -0.0725. The van der Waals surface area contributed by atoms with E-state index >= 15 is 0 Å². The number of aryl methyl sites for hydroxylation is 1. The highest BCUT2D eigenvalue weighted by Crippen LogP contribution is 2.22. The van der Waals surface area contributed by atoms with Crippen LogP contribution in [0.3, 0.4) is 0 Å². The molecule has 1 aromatic heterocycles. The normalized spacial score (nSPS) is 15.9. The van der Waals surface area contributed by atoms with Gasteiger partial charge in [0.05, 0.1) is 26.2 Å². The van der Waals surface area contributed by atoms with Gasteiger partial charge in [0.15, 0.2) is 0 Å². The number of ketones is 1. The van der Waals surface area contributed by atoms with E-state index in [9.17, 15) is 9.90 Å². The van der Waals surface area contributed by atoms with Gasteiger partial charge in [0, 0.05) is 28.3 Å². The number of aromatic hydroxyl groups is 1. The highest BCUT2D eigenvalue weighted by molar-refractivity contribution is 6.00. The average molecular weight is 405 g/mol. The van der Waals surface area contributed by atoms with E-state index in [1.54, 1.807) is 12.1 Å². The number of anilines is 1. The van der Waals surface area contributed by atoms with Crippen LogP contribution in [0.4, 0.5) is 5.69 Å². The first kappa shape index (κ1) is 20.2. The minimum absolute atomic E-state index is 0.0725. The van der Waals surface area contributed by atoms with E-state index in [1.165, 1.54) is 4.90 Å². The summed E-state index contributed by atoms with van der Waals surface area (Å²) in [5.74, 6) is 0.508. The number of quaternary nitrogens is 1. The highest BCUT2D eigenvalue weighted by atomic mass is 16.3. The molecule has 4 rings (SSSR count). The largest absolute Gasteiger partial charge is 0.508 e. The summed E-state index contributed by atoms with van der Waals surface area (Å²) in [6.07, 6.45) is 0. The summed E-state index contributed by atoms with van der Waals surface area (Å²) in [7, 11) is 0. The molecule has 1 fully saturated rings. The van der Waals surface area contributed by atoms with Gasteiger partial charge in [-0.1, -0.05) is 18.2 Å². The number of carbonyl (C=O) groups is 1. The van der Waals surface area contributed by atoms with Crippen molar-refractivity contribution in [1.82, 2.24) is 4.57 Å².